The predicted octanol–water partition coefficient (Wildman–Crippen LogP) is 1.54. The summed E-state index contributed by atoms with van der Waals surface area (Å²) in [5.74, 6) is -0.486. The molecule has 0 atom stereocenters. The van der Waals surface area contributed by atoms with Crippen LogP contribution in [0, 0.1) is 0 Å². The molecule has 0 aliphatic rings. The highest BCUT2D eigenvalue weighted by Gasteiger charge is 2.10. The second-order valence-corrected chi connectivity index (χ2v) is 2.89. The highest BCUT2D eigenvalue weighted by molar-refractivity contribution is 6.33. The average Bonchev–Trinajstić information content (AvgIpc) is 2.18. The molecule has 76 valence electrons. The van der Waals surface area contributed by atoms with Crippen molar-refractivity contribution < 1.29 is 14.3 Å². The Balaban J connectivity index is 2.56. The summed E-state index contributed by atoms with van der Waals surface area (Å²) in [5, 5.41) is 0.336. The van der Waals surface area contributed by atoms with Crippen LogP contribution in [0.5, 0.6) is 0 Å². The van der Waals surface area contributed by atoms with Crippen molar-refractivity contribution >= 4 is 17.6 Å². The van der Waals surface area contributed by atoms with Crippen LogP contribution >= 0.6 is 11.6 Å². The summed E-state index contributed by atoms with van der Waals surface area (Å²) >= 11 is 5.76. The van der Waals surface area contributed by atoms with E-state index in [2.05, 4.69) is 4.98 Å². The van der Waals surface area contributed by atoms with Gasteiger partial charge in [-0.2, -0.15) is 0 Å². The molecule has 0 aliphatic carbocycles. The van der Waals surface area contributed by atoms with Gasteiger partial charge in [0.2, 0.25) is 0 Å². The highest BCUT2D eigenvalue weighted by atomic mass is 35.5. The fraction of sp³-hybridized carbons (Fsp3) is 0.333. The number of hydrogen-bond acceptors (Lipinski definition) is 4. The number of methoxy groups -OCH3 is 1. The van der Waals surface area contributed by atoms with Crippen molar-refractivity contribution in [3.05, 3.63) is 29.0 Å². The molecule has 0 saturated heterocycles. The van der Waals surface area contributed by atoms with Crippen LogP contribution in [0.1, 0.15) is 10.4 Å². The first-order valence-electron chi connectivity index (χ1n) is 4.01. The Morgan fingerprint density at radius 3 is 3.00 bits per heavy atom. The Morgan fingerprint density at radius 2 is 2.36 bits per heavy atom. The van der Waals surface area contributed by atoms with Crippen molar-refractivity contribution in [2.45, 2.75) is 0 Å². The van der Waals surface area contributed by atoms with E-state index in [1.165, 1.54) is 25.6 Å². The first-order chi connectivity index (χ1) is 6.75. The average molecular weight is 216 g/mol. The summed E-state index contributed by atoms with van der Waals surface area (Å²) in [6.45, 7) is 0.574. The van der Waals surface area contributed by atoms with Crippen LogP contribution in [0.4, 0.5) is 0 Å². The molecule has 4 nitrogen and oxygen atoms in total. The van der Waals surface area contributed by atoms with Crippen molar-refractivity contribution in [3.8, 4) is 0 Å². The third-order valence-electron chi connectivity index (χ3n) is 1.51. The molecule has 0 unspecified atom stereocenters. The molecule has 0 N–H and O–H groups in total. The number of hydrogen-bond donors (Lipinski definition) is 0. The van der Waals surface area contributed by atoms with Gasteiger partial charge in [-0.1, -0.05) is 11.6 Å². The van der Waals surface area contributed by atoms with Crippen LogP contribution in [0.2, 0.25) is 5.02 Å². The largest absolute Gasteiger partial charge is 0.460 e. The second-order valence-electron chi connectivity index (χ2n) is 2.48. The molecule has 0 saturated carbocycles. The standard InChI is InChI=1S/C9H10ClNO3/c1-13-4-5-14-9(12)7-6-11-3-2-8(7)10/h2-3,6H,4-5H2,1H3. The first kappa shape index (κ1) is 10.9. The van der Waals surface area contributed by atoms with E-state index in [0.29, 0.717) is 11.6 Å². The molecule has 0 amide bonds. The van der Waals surface area contributed by atoms with Crippen LogP contribution in [0.3, 0.4) is 0 Å². The first-order valence-corrected chi connectivity index (χ1v) is 4.39. The topological polar surface area (TPSA) is 48.4 Å². The summed E-state index contributed by atoms with van der Waals surface area (Å²) in [5.41, 5.74) is 0.269. The molecule has 0 fully saturated rings. The normalized spacial score (nSPS) is 9.86. The van der Waals surface area contributed by atoms with Gasteiger partial charge in [0.25, 0.3) is 0 Å². The summed E-state index contributed by atoms with van der Waals surface area (Å²) in [6.07, 6.45) is 2.88. The molecular weight excluding hydrogens is 206 g/mol. The van der Waals surface area contributed by atoms with Gasteiger partial charge in [-0.3, -0.25) is 4.98 Å². The van der Waals surface area contributed by atoms with Gasteiger partial charge in [-0.05, 0) is 6.07 Å². The lowest BCUT2D eigenvalue weighted by Crippen LogP contribution is -2.10. The van der Waals surface area contributed by atoms with Gasteiger partial charge < -0.3 is 9.47 Å². The molecule has 1 heterocycles. The smallest absolute Gasteiger partial charge is 0.341 e. The van der Waals surface area contributed by atoms with E-state index in [1.807, 2.05) is 0 Å². The molecule has 1 aromatic rings. The molecule has 0 bridgehead atoms. The summed E-state index contributed by atoms with van der Waals surface area (Å²) in [6, 6.07) is 1.54. The van der Waals surface area contributed by atoms with Crippen molar-refractivity contribution in [1.29, 1.82) is 0 Å². The number of ether oxygens (including phenoxy) is 2. The Labute approximate surface area is 86.8 Å². The number of rotatable bonds is 4. The maximum absolute atomic E-state index is 11.3. The lowest BCUT2D eigenvalue weighted by atomic mass is 10.3. The van der Waals surface area contributed by atoms with E-state index in [0.717, 1.165) is 0 Å². The Hall–Kier alpha value is -1.13. The molecule has 0 spiro atoms. The molecule has 0 aliphatic heterocycles. The second kappa shape index (κ2) is 5.57. The van der Waals surface area contributed by atoms with Gasteiger partial charge in [0.1, 0.15) is 6.61 Å². The maximum Gasteiger partial charge on any atom is 0.341 e. The van der Waals surface area contributed by atoms with E-state index in [1.54, 1.807) is 0 Å². The lowest BCUT2D eigenvalue weighted by Gasteiger charge is -2.04. The third-order valence-corrected chi connectivity index (χ3v) is 1.84. The quantitative estimate of drug-likeness (QED) is 0.565. The van der Waals surface area contributed by atoms with Crippen LogP contribution < -0.4 is 0 Å². The molecule has 5 heteroatoms. The zero-order chi connectivity index (χ0) is 10.4. The van der Waals surface area contributed by atoms with E-state index < -0.39 is 5.97 Å². The molecule has 0 radical (unpaired) electrons. The van der Waals surface area contributed by atoms with Crippen LogP contribution in [0.25, 0.3) is 0 Å². The van der Waals surface area contributed by atoms with Gasteiger partial charge >= 0.3 is 5.97 Å². The number of nitrogens with zero attached hydrogens (tertiary/aromatic N) is 1. The number of aromatic nitrogens is 1. The summed E-state index contributed by atoms with van der Waals surface area (Å²) in [7, 11) is 1.53. The SMILES string of the molecule is COCCOC(=O)c1cnccc1Cl. The van der Waals surface area contributed by atoms with Crippen LogP contribution in [-0.4, -0.2) is 31.3 Å². The Bertz CT molecular complexity index is 317. The van der Waals surface area contributed by atoms with Gasteiger partial charge in [-0.15, -0.1) is 0 Å². The minimum absolute atomic E-state index is 0.209. The van der Waals surface area contributed by atoms with Crippen molar-refractivity contribution in [2.75, 3.05) is 20.3 Å². The molecular formula is C9H10ClNO3. The van der Waals surface area contributed by atoms with Crippen LogP contribution in [-0.2, 0) is 9.47 Å². The van der Waals surface area contributed by atoms with Crippen molar-refractivity contribution in [2.24, 2.45) is 0 Å². The third kappa shape index (κ3) is 2.97. The lowest BCUT2D eigenvalue weighted by molar-refractivity contribution is 0.0388. The molecule has 1 rings (SSSR count). The van der Waals surface area contributed by atoms with Gasteiger partial charge in [0.15, 0.2) is 0 Å². The minimum atomic E-state index is -0.486. The molecule has 0 aromatic carbocycles. The summed E-state index contributed by atoms with van der Waals surface area (Å²) < 4.78 is 9.59. The predicted molar refractivity (Wildman–Crippen MR) is 51.4 cm³/mol. The number of esters is 1. The molecule has 1 aromatic heterocycles. The Morgan fingerprint density at radius 1 is 1.57 bits per heavy atom. The van der Waals surface area contributed by atoms with E-state index >= 15 is 0 Å². The maximum atomic E-state index is 11.3. The number of halogens is 1. The molecule has 14 heavy (non-hydrogen) atoms. The fourth-order valence-electron chi connectivity index (χ4n) is 0.823. The van der Waals surface area contributed by atoms with Gasteiger partial charge in [-0.25, -0.2) is 4.79 Å². The highest BCUT2D eigenvalue weighted by Crippen LogP contribution is 2.14. The van der Waals surface area contributed by atoms with Gasteiger partial charge in [0, 0.05) is 19.5 Å². The van der Waals surface area contributed by atoms with Gasteiger partial charge in [0.05, 0.1) is 17.2 Å². The Kier molecular flexibility index (Phi) is 4.35. The van der Waals surface area contributed by atoms with Crippen molar-refractivity contribution in [1.82, 2.24) is 4.98 Å². The zero-order valence-corrected chi connectivity index (χ0v) is 8.45. The summed E-state index contributed by atoms with van der Waals surface area (Å²) in [4.78, 5) is 15.1. The number of pyridine rings is 1. The van der Waals surface area contributed by atoms with Crippen LogP contribution in [0.15, 0.2) is 18.5 Å². The monoisotopic (exact) mass is 215 g/mol. The number of carbonyl (C=O) groups is 1. The minimum Gasteiger partial charge on any atom is -0.460 e. The van der Waals surface area contributed by atoms with E-state index in [-0.39, 0.29) is 12.2 Å². The van der Waals surface area contributed by atoms with E-state index in [4.69, 9.17) is 21.1 Å². The van der Waals surface area contributed by atoms with Crippen molar-refractivity contribution in [3.63, 3.8) is 0 Å². The number of carbonyl (C=O) groups excluding carboxylic acids is 1. The zero-order valence-electron chi connectivity index (χ0n) is 7.70. The van der Waals surface area contributed by atoms with E-state index in [9.17, 15) is 4.79 Å². The fourth-order valence-corrected chi connectivity index (χ4v) is 1.01.